The van der Waals surface area contributed by atoms with Crippen LogP contribution in [0.3, 0.4) is 0 Å². The number of benzene rings is 2. The molecule has 0 heterocycles. The molecule has 0 aliphatic carbocycles. The molecule has 7 heteroatoms. The molecule has 0 fully saturated rings. The number of anilines is 2. The fraction of sp³-hybridized carbons (Fsp3) is 0.188. The summed E-state index contributed by atoms with van der Waals surface area (Å²) in [4.78, 5) is 12.5. The Morgan fingerprint density at radius 2 is 1.43 bits per heavy atom. The number of nitrogen functional groups attached to an aromatic ring is 2. The second-order valence-corrected chi connectivity index (χ2v) is 5.91. The van der Waals surface area contributed by atoms with Crippen LogP contribution >= 0.6 is 23.2 Å². The van der Waals surface area contributed by atoms with E-state index in [0.717, 1.165) is 0 Å². The zero-order chi connectivity index (χ0) is 17.1. The van der Waals surface area contributed by atoms with Crippen molar-refractivity contribution in [1.29, 1.82) is 0 Å². The van der Waals surface area contributed by atoms with Crippen molar-refractivity contribution < 1.29 is 15.0 Å². The molecular weight excluding hydrogens is 339 g/mol. The first-order chi connectivity index (χ1) is 10.8. The van der Waals surface area contributed by atoms with Gasteiger partial charge in [-0.1, -0.05) is 35.3 Å². The van der Waals surface area contributed by atoms with E-state index in [-0.39, 0.29) is 0 Å². The van der Waals surface area contributed by atoms with E-state index in [1.165, 1.54) is 0 Å². The third-order valence-corrected chi connectivity index (χ3v) is 4.16. The van der Waals surface area contributed by atoms with Crippen LogP contribution in [0.4, 0.5) is 11.4 Å². The summed E-state index contributed by atoms with van der Waals surface area (Å²) in [6.07, 6.45) is -1.52. The molecule has 0 aliphatic rings. The van der Waals surface area contributed by atoms with Crippen LogP contribution in [0.25, 0.3) is 0 Å². The average Bonchev–Trinajstić information content (AvgIpc) is 2.53. The van der Waals surface area contributed by atoms with Crippen molar-refractivity contribution in [3.63, 3.8) is 0 Å². The number of aliphatic hydroxyl groups excluding tert-OH is 2. The van der Waals surface area contributed by atoms with E-state index in [1.807, 2.05) is 0 Å². The molecule has 23 heavy (non-hydrogen) atoms. The Balaban J connectivity index is 2.57. The molecule has 1 unspecified atom stereocenters. The average molecular weight is 355 g/mol. The largest absolute Gasteiger partial charge is 0.398 e. The number of carbonyl (C=O) groups excluding carboxylic acids is 1. The Bertz CT molecular complexity index is 686. The lowest BCUT2D eigenvalue weighted by molar-refractivity contribution is -0.129. The van der Waals surface area contributed by atoms with Crippen molar-refractivity contribution in [3.8, 4) is 0 Å². The maximum atomic E-state index is 12.5. The fourth-order valence-electron chi connectivity index (χ4n) is 2.25. The summed E-state index contributed by atoms with van der Waals surface area (Å²) in [6.45, 7) is -0.680. The van der Waals surface area contributed by atoms with Crippen LogP contribution in [0, 0.1) is 0 Å². The fourth-order valence-corrected chi connectivity index (χ4v) is 2.63. The second kappa shape index (κ2) is 7.19. The predicted octanol–water partition coefficient (Wildman–Crippen LogP) is 2.21. The smallest absolute Gasteiger partial charge is 0.175 e. The molecule has 0 spiro atoms. The van der Waals surface area contributed by atoms with Crippen LogP contribution in [0.15, 0.2) is 36.4 Å². The van der Waals surface area contributed by atoms with Crippen LogP contribution in [0.5, 0.6) is 0 Å². The molecule has 1 atom stereocenters. The standard InChI is InChI=1S/C16H16Cl2N2O3/c17-10-5-8(1-3-12(10)19)15(16(23)14(22)7-21)9-2-4-13(20)11(18)6-9/h1-6,14-15,21-22H,7,19-20H2. The van der Waals surface area contributed by atoms with Crippen LogP contribution in [-0.2, 0) is 4.79 Å². The minimum Gasteiger partial charge on any atom is -0.398 e. The quantitative estimate of drug-likeness (QED) is 0.615. The minimum absolute atomic E-state index is 0.292. The number of hydrogen-bond acceptors (Lipinski definition) is 5. The number of halogens is 2. The summed E-state index contributed by atoms with van der Waals surface area (Å²) in [6, 6.07) is 9.52. The third kappa shape index (κ3) is 3.76. The topological polar surface area (TPSA) is 110 Å². The lowest BCUT2D eigenvalue weighted by Crippen LogP contribution is -2.30. The molecule has 5 nitrogen and oxygen atoms in total. The Morgan fingerprint density at radius 3 is 1.78 bits per heavy atom. The van der Waals surface area contributed by atoms with Gasteiger partial charge in [-0.2, -0.15) is 0 Å². The van der Waals surface area contributed by atoms with E-state index in [4.69, 9.17) is 39.8 Å². The van der Waals surface area contributed by atoms with Crippen LogP contribution in [0.1, 0.15) is 17.0 Å². The molecule has 0 bridgehead atoms. The second-order valence-electron chi connectivity index (χ2n) is 5.10. The Kier molecular flexibility index (Phi) is 5.49. The van der Waals surface area contributed by atoms with Gasteiger partial charge in [-0.3, -0.25) is 4.79 Å². The first-order valence-corrected chi connectivity index (χ1v) is 7.53. The lowest BCUT2D eigenvalue weighted by atomic mass is 9.85. The SMILES string of the molecule is Nc1ccc(C(C(=O)C(O)CO)c2ccc(N)c(Cl)c2)cc1Cl. The van der Waals surface area contributed by atoms with Gasteiger partial charge in [-0.25, -0.2) is 0 Å². The highest BCUT2D eigenvalue weighted by molar-refractivity contribution is 6.33. The Labute approximate surface area is 143 Å². The zero-order valence-corrected chi connectivity index (χ0v) is 13.6. The molecule has 0 amide bonds. The number of Topliss-reactive ketones (excluding diaryl/α,β-unsaturated/α-hetero) is 1. The molecule has 6 N–H and O–H groups in total. The van der Waals surface area contributed by atoms with Crippen molar-refractivity contribution in [2.75, 3.05) is 18.1 Å². The molecule has 2 rings (SSSR count). The van der Waals surface area contributed by atoms with E-state index in [9.17, 15) is 9.90 Å². The summed E-state index contributed by atoms with van der Waals surface area (Å²) in [5.41, 5.74) is 13.2. The van der Waals surface area contributed by atoms with Gasteiger partial charge in [0, 0.05) is 0 Å². The van der Waals surface area contributed by atoms with Crippen LogP contribution < -0.4 is 11.5 Å². The molecular formula is C16H16Cl2N2O3. The lowest BCUT2D eigenvalue weighted by Gasteiger charge is -2.20. The van der Waals surface area contributed by atoms with Gasteiger partial charge in [0.2, 0.25) is 0 Å². The maximum Gasteiger partial charge on any atom is 0.175 e. The Hall–Kier alpha value is -1.79. The van der Waals surface area contributed by atoms with Crippen molar-refractivity contribution in [2.45, 2.75) is 12.0 Å². The third-order valence-electron chi connectivity index (χ3n) is 3.50. The maximum absolute atomic E-state index is 12.5. The van der Waals surface area contributed by atoms with Crippen molar-refractivity contribution in [1.82, 2.24) is 0 Å². The molecule has 0 saturated carbocycles. The predicted molar refractivity (Wildman–Crippen MR) is 91.7 cm³/mol. The number of hydrogen-bond donors (Lipinski definition) is 4. The molecule has 122 valence electrons. The number of nitrogens with two attached hydrogens (primary N) is 2. The minimum atomic E-state index is -1.52. The van der Waals surface area contributed by atoms with Gasteiger partial charge in [-0.15, -0.1) is 0 Å². The molecule has 2 aromatic carbocycles. The number of rotatable bonds is 5. The van der Waals surface area contributed by atoms with E-state index >= 15 is 0 Å². The van der Waals surface area contributed by atoms with Gasteiger partial charge in [0.05, 0.1) is 33.9 Å². The van der Waals surface area contributed by atoms with Gasteiger partial charge >= 0.3 is 0 Å². The molecule has 0 saturated heterocycles. The van der Waals surface area contributed by atoms with E-state index in [1.54, 1.807) is 36.4 Å². The molecule has 0 radical (unpaired) electrons. The molecule has 0 aliphatic heterocycles. The van der Waals surface area contributed by atoms with E-state index in [0.29, 0.717) is 32.5 Å². The van der Waals surface area contributed by atoms with Gasteiger partial charge < -0.3 is 21.7 Å². The van der Waals surface area contributed by atoms with Gasteiger partial charge in [0.1, 0.15) is 6.10 Å². The summed E-state index contributed by atoms with van der Waals surface area (Å²) in [5, 5.41) is 19.4. The van der Waals surface area contributed by atoms with Crippen molar-refractivity contribution in [3.05, 3.63) is 57.6 Å². The number of ketones is 1. The molecule has 0 aromatic heterocycles. The van der Waals surface area contributed by atoms with Crippen molar-refractivity contribution >= 4 is 40.4 Å². The monoisotopic (exact) mass is 354 g/mol. The van der Waals surface area contributed by atoms with Crippen molar-refractivity contribution in [2.24, 2.45) is 0 Å². The summed E-state index contributed by atoms with van der Waals surface area (Å²) in [5.74, 6) is -1.43. The van der Waals surface area contributed by atoms with E-state index < -0.39 is 24.4 Å². The normalized spacial score (nSPS) is 12.4. The van der Waals surface area contributed by atoms with Gasteiger partial charge in [-0.05, 0) is 35.4 Å². The molecule has 2 aromatic rings. The number of aliphatic hydroxyl groups is 2. The van der Waals surface area contributed by atoms with Crippen LogP contribution in [0.2, 0.25) is 10.0 Å². The first-order valence-electron chi connectivity index (χ1n) is 6.77. The zero-order valence-electron chi connectivity index (χ0n) is 12.0. The van der Waals surface area contributed by atoms with Gasteiger partial charge in [0.25, 0.3) is 0 Å². The number of carbonyl (C=O) groups is 1. The highest BCUT2D eigenvalue weighted by Gasteiger charge is 2.28. The van der Waals surface area contributed by atoms with E-state index in [2.05, 4.69) is 0 Å². The van der Waals surface area contributed by atoms with Crippen LogP contribution in [-0.4, -0.2) is 28.7 Å². The highest BCUT2D eigenvalue weighted by Crippen LogP contribution is 2.33. The summed E-state index contributed by atoms with van der Waals surface area (Å²) in [7, 11) is 0. The highest BCUT2D eigenvalue weighted by atomic mass is 35.5. The Morgan fingerprint density at radius 1 is 1.00 bits per heavy atom. The van der Waals surface area contributed by atoms with Gasteiger partial charge in [0.15, 0.2) is 5.78 Å². The first kappa shape index (κ1) is 17.6. The summed E-state index contributed by atoms with van der Waals surface area (Å²) < 4.78 is 0. The summed E-state index contributed by atoms with van der Waals surface area (Å²) >= 11 is 12.1.